The molecule has 170 valence electrons. The van der Waals surface area contributed by atoms with Crippen LogP contribution in [-0.2, 0) is 10.3 Å². The average Bonchev–Trinajstić information content (AvgIpc) is 3.47. The maximum absolute atomic E-state index is 14.3. The first kappa shape index (κ1) is 22.1. The molecule has 0 bridgehead atoms. The lowest BCUT2D eigenvalue weighted by Gasteiger charge is -2.33. The summed E-state index contributed by atoms with van der Waals surface area (Å²) in [5.41, 5.74) is 4.03. The van der Waals surface area contributed by atoms with Gasteiger partial charge in [-0.3, -0.25) is 4.79 Å². The number of aliphatic imine (C=N–C) groups is 1. The van der Waals surface area contributed by atoms with Crippen LogP contribution in [0, 0.1) is 12.8 Å². The number of amidine groups is 1. The summed E-state index contributed by atoms with van der Waals surface area (Å²) >= 11 is 6.25. The van der Waals surface area contributed by atoms with Crippen molar-refractivity contribution in [3.63, 3.8) is 0 Å². The topological polar surface area (TPSA) is 98.8 Å². The molecule has 1 aromatic carbocycles. The Kier molecular flexibility index (Phi) is 5.61. The van der Waals surface area contributed by atoms with E-state index in [0.717, 1.165) is 6.20 Å². The van der Waals surface area contributed by atoms with E-state index in [-0.39, 0.29) is 39.3 Å². The van der Waals surface area contributed by atoms with E-state index in [1.807, 2.05) is 0 Å². The number of nitrogens with two attached hydrogens (primary N) is 1. The minimum absolute atomic E-state index is 0.0103. The highest BCUT2D eigenvalue weighted by atomic mass is 35.5. The molecule has 0 radical (unpaired) electrons. The number of halogens is 5. The maximum atomic E-state index is 14.3. The van der Waals surface area contributed by atoms with E-state index in [4.69, 9.17) is 22.1 Å². The molecular weight excluding hydrogens is 456 g/mol. The van der Waals surface area contributed by atoms with Gasteiger partial charge in [0.1, 0.15) is 17.5 Å². The standard InChI is InChI=1S/C20H17ClF4N4O3/c1-8-4-10(31-18(24)25)7-27-15(8)16(30)28-9-2-3-13(21)11(5-9)20(17(22)23)12-6-14(12)32-19(26)29-20/h2-5,7,12,14,17-18H,6H2,1H3,(H2,26,29)(H,28,30)/t12?,14-,20?/m1/s1. The van der Waals surface area contributed by atoms with Gasteiger partial charge in [-0.15, -0.1) is 0 Å². The number of rotatable bonds is 6. The molecule has 2 aromatic rings. The fourth-order valence-corrected chi connectivity index (χ4v) is 4.12. The summed E-state index contributed by atoms with van der Waals surface area (Å²) in [6.45, 7) is -1.54. The highest BCUT2D eigenvalue weighted by Gasteiger charge is 2.64. The summed E-state index contributed by atoms with van der Waals surface area (Å²) in [7, 11) is 0. The van der Waals surface area contributed by atoms with E-state index < -0.39 is 36.5 Å². The number of ether oxygens (including phenoxy) is 2. The summed E-state index contributed by atoms with van der Waals surface area (Å²) in [6, 6.07) is 5.01. The van der Waals surface area contributed by atoms with Crippen LogP contribution in [0.15, 0.2) is 35.5 Å². The Bertz CT molecular complexity index is 1100. The quantitative estimate of drug-likeness (QED) is 0.617. The molecule has 1 amide bonds. The molecule has 0 saturated heterocycles. The molecule has 1 aromatic heterocycles. The maximum Gasteiger partial charge on any atom is 0.387 e. The zero-order valence-corrected chi connectivity index (χ0v) is 17.2. The zero-order valence-electron chi connectivity index (χ0n) is 16.5. The lowest BCUT2D eigenvalue weighted by Crippen LogP contribution is -2.43. The molecule has 2 heterocycles. The number of carbonyl (C=O) groups excluding carboxylic acids is 1. The lowest BCUT2D eigenvalue weighted by atomic mass is 9.84. The van der Waals surface area contributed by atoms with Crippen LogP contribution < -0.4 is 15.8 Å². The van der Waals surface area contributed by atoms with Crippen LogP contribution in [0.4, 0.5) is 23.2 Å². The molecule has 3 N–H and O–H groups in total. The van der Waals surface area contributed by atoms with Crippen molar-refractivity contribution < 1.29 is 31.8 Å². The fourth-order valence-electron chi connectivity index (χ4n) is 3.85. The van der Waals surface area contributed by atoms with Gasteiger partial charge in [0.2, 0.25) is 0 Å². The Morgan fingerprint density at radius 2 is 2.09 bits per heavy atom. The van der Waals surface area contributed by atoms with E-state index in [1.54, 1.807) is 0 Å². The zero-order chi connectivity index (χ0) is 23.2. The van der Waals surface area contributed by atoms with Crippen molar-refractivity contribution in [1.82, 2.24) is 4.98 Å². The summed E-state index contributed by atoms with van der Waals surface area (Å²) in [5.74, 6) is -1.48. The highest BCUT2D eigenvalue weighted by molar-refractivity contribution is 6.31. The van der Waals surface area contributed by atoms with Crippen LogP contribution in [0.1, 0.15) is 28.0 Å². The van der Waals surface area contributed by atoms with Crippen LogP contribution in [-0.4, -0.2) is 36.1 Å². The first-order valence-electron chi connectivity index (χ1n) is 9.44. The number of pyridine rings is 1. The second-order valence-corrected chi connectivity index (χ2v) is 7.85. The molecule has 2 aliphatic rings. The molecule has 1 aliphatic carbocycles. The monoisotopic (exact) mass is 472 g/mol. The third-order valence-corrected chi connectivity index (χ3v) is 5.68. The summed E-state index contributed by atoms with van der Waals surface area (Å²) < 4.78 is 62.8. The molecule has 2 unspecified atom stereocenters. The third kappa shape index (κ3) is 3.92. The number of amides is 1. The van der Waals surface area contributed by atoms with Crippen LogP contribution in [0.25, 0.3) is 0 Å². The van der Waals surface area contributed by atoms with E-state index in [0.29, 0.717) is 6.42 Å². The Morgan fingerprint density at radius 1 is 1.34 bits per heavy atom. The van der Waals surface area contributed by atoms with E-state index >= 15 is 0 Å². The van der Waals surface area contributed by atoms with Crippen molar-refractivity contribution in [2.24, 2.45) is 16.6 Å². The summed E-state index contributed by atoms with van der Waals surface area (Å²) in [4.78, 5) is 20.5. The molecule has 4 rings (SSSR count). The number of benzene rings is 1. The van der Waals surface area contributed by atoms with E-state index in [9.17, 15) is 22.4 Å². The van der Waals surface area contributed by atoms with E-state index in [1.165, 1.54) is 31.2 Å². The van der Waals surface area contributed by atoms with Crippen LogP contribution in [0.2, 0.25) is 5.02 Å². The third-order valence-electron chi connectivity index (χ3n) is 5.35. The molecule has 1 aliphatic heterocycles. The Labute approximate surface area is 184 Å². The van der Waals surface area contributed by atoms with Crippen molar-refractivity contribution in [1.29, 1.82) is 0 Å². The normalized spacial score (nSPS) is 23.9. The average molecular weight is 473 g/mol. The Morgan fingerprint density at radius 3 is 2.75 bits per heavy atom. The van der Waals surface area contributed by atoms with Gasteiger partial charge < -0.3 is 20.5 Å². The van der Waals surface area contributed by atoms with Gasteiger partial charge in [-0.05, 0) is 43.2 Å². The number of alkyl halides is 4. The van der Waals surface area contributed by atoms with Crippen LogP contribution in [0.3, 0.4) is 0 Å². The first-order chi connectivity index (χ1) is 15.1. The number of carbonyl (C=O) groups is 1. The molecule has 1 saturated carbocycles. The van der Waals surface area contributed by atoms with Gasteiger partial charge in [0.15, 0.2) is 5.54 Å². The lowest BCUT2D eigenvalue weighted by molar-refractivity contribution is -0.0501. The second kappa shape index (κ2) is 8.12. The molecule has 32 heavy (non-hydrogen) atoms. The molecule has 0 spiro atoms. The number of aromatic nitrogens is 1. The number of fused-ring (bicyclic) bond motifs is 1. The van der Waals surface area contributed by atoms with Crippen LogP contribution >= 0.6 is 11.6 Å². The largest absolute Gasteiger partial charge is 0.462 e. The minimum atomic E-state index is -3.03. The number of hydrogen-bond donors (Lipinski definition) is 2. The predicted molar refractivity (Wildman–Crippen MR) is 107 cm³/mol. The number of anilines is 1. The van der Waals surface area contributed by atoms with Gasteiger partial charge in [0, 0.05) is 22.2 Å². The molecule has 3 atom stereocenters. The van der Waals surface area contributed by atoms with Gasteiger partial charge in [-0.25, -0.2) is 18.8 Å². The Balaban J connectivity index is 1.64. The van der Waals surface area contributed by atoms with Crippen molar-refractivity contribution in [2.75, 3.05) is 5.32 Å². The number of hydrogen-bond acceptors (Lipinski definition) is 6. The van der Waals surface area contributed by atoms with Crippen molar-refractivity contribution in [2.45, 2.75) is 38.0 Å². The smallest absolute Gasteiger partial charge is 0.387 e. The molecular formula is C20H17ClF4N4O3. The second-order valence-electron chi connectivity index (χ2n) is 7.44. The van der Waals surface area contributed by atoms with Crippen molar-refractivity contribution >= 4 is 29.2 Å². The SMILES string of the molecule is Cc1cc(OC(F)F)cnc1C(=O)Nc1ccc(Cl)c(C2(C(F)F)N=C(N)O[C@@H]3CC32)c1. The number of aryl methyl sites for hydroxylation is 1. The predicted octanol–water partition coefficient (Wildman–Crippen LogP) is 4.09. The summed E-state index contributed by atoms with van der Waals surface area (Å²) in [5, 5.41) is 2.59. The fraction of sp³-hybridized carbons (Fsp3) is 0.350. The highest BCUT2D eigenvalue weighted by Crippen LogP contribution is 2.57. The minimum Gasteiger partial charge on any atom is -0.462 e. The van der Waals surface area contributed by atoms with Gasteiger partial charge in [0.05, 0.1) is 6.20 Å². The molecule has 12 heteroatoms. The van der Waals surface area contributed by atoms with Gasteiger partial charge in [0.25, 0.3) is 18.4 Å². The Hall–Kier alpha value is -3.08. The van der Waals surface area contributed by atoms with Gasteiger partial charge in [-0.1, -0.05) is 11.6 Å². The van der Waals surface area contributed by atoms with Gasteiger partial charge >= 0.3 is 6.61 Å². The molecule has 1 fully saturated rings. The van der Waals surface area contributed by atoms with E-state index in [2.05, 4.69) is 20.0 Å². The van der Waals surface area contributed by atoms with Crippen molar-refractivity contribution in [3.05, 3.63) is 52.3 Å². The number of nitrogens with zero attached hydrogens (tertiary/aromatic N) is 2. The first-order valence-corrected chi connectivity index (χ1v) is 9.82. The number of nitrogens with one attached hydrogen (secondary N) is 1. The molecule has 7 nitrogen and oxygen atoms in total. The van der Waals surface area contributed by atoms with Crippen molar-refractivity contribution in [3.8, 4) is 5.75 Å². The van der Waals surface area contributed by atoms with Crippen LogP contribution in [0.5, 0.6) is 5.75 Å². The van der Waals surface area contributed by atoms with Gasteiger partial charge in [-0.2, -0.15) is 8.78 Å². The summed E-state index contributed by atoms with van der Waals surface area (Å²) in [6.07, 6.45) is -2.07.